The highest BCUT2D eigenvalue weighted by molar-refractivity contribution is 5.47. The van der Waals surface area contributed by atoms with Crippen molar-refractivity contribution in [2.24, 2.45) is 0 Å². The van der Waals surface area contributed by atoms with Crippen molar-refractivity contribution in [1.29, 1.82) is 0 Å². The lowest BCUT2D eigenvalue weighted by Crippen LogP contribution is -2.23. The second-order valence-corrected chi connectivity index (χ2v) is 9.56. The molecule has 0 aromatic heterocycles. The van der Waals surface area contributed by atoms with Crippen LogP contribution >= 0.6 is 0 Å². The largest absolute Gasteiger partial charge is 0.207 e. The molecule has 0 amide bonds. The summed E-state index contributed by atoms with van der Waals surface area (Å²) in [4.78, 5) is 0. The Balaban J connectivity index is 1.97. The molecule has 0 heterocycles. The Hall–Kier alpha value is -2.41. The molecule has 0 unspecified atom stereocenters. The van der Waals surface area contributed by atoms with E-state index in [9.17, 15) is 4.39 Å². The summed E-state index contributed by atoms with van der Waals surface area (Å²) < 4.78 is 13.4. The van der Waals surface area contributed by atoms with Gasteiger partial charge in [-0.05, 0) is 58.4 Å². The Bertz CT molecular complexity index is 974. The average Bonchev–Trinajstić information content (AvgIpc) is 2.68. The first kappa shape index (κ1) is 21.3. The standard InChI is InChI=1S/C28H33F/c1-19(2)21-8-10-23(11-9-21)28(6,7)26-17-14-24(18-20(26)3)27(4,5)22-12-15-25(29)16-13-22/h8-19H,1-7H3. The van der Waals surface area contributed by atoms with Crippen molar-refractivity contribution >= 4 is 0 Å². The molecule has 0 aliphatic carbocycles. The van der Waals surface area contributed by atoms with E-state index in [4.69, 9.17) is 0 Å². The summed E-state index contributed by atoms with van der Waals surface area (Å²) in [5.41, 5.74) is 7.45. The molecule has 0 saturated heterocycles. The van der Waals surface area contributed by atoms with Gasteiger partial charge in [0.05, 0.1) is 0 Å². The monoisotopic (exact) mass is 388 g/mol. The van der Waals surface area contributed by atoms with Gasteiger partial charge in [-0.2, -0.15) is 0 Å². The normalized spacial score (nSPS) is 12.4. The van der Waals surface area contributed by atoms with E-state index in [1.54, 1.807) is 12.1 Å². The van der Waals surface area contributed by atoms with Gasteiger partial charge in [0.25, 0.3) is 0 Å². The lowest BCUT2D eigenvalue weighted by atomic mass is 9.73. The van der Waals surface area contributed by atoms with E-state index in [1.807, 2.05) is 12.1 Å². The molecule has 0 N–H and O–H groups in total. The lowest BCUT2D eigenvalue weighted by molar-refractivity contribution is 0.610. The first-order valence-corrected chi connectivity index (χ1v) is 10.5. The van der Waals surface area contributed by atoms with Crippen LogP contribution in [-0.2, 0) is 10.8 Å². The van der Waals surface area contributed by atoms with Crippen molar-refractivity contribution in [3.05, 3.63) is 106 Å². The fourth-order valence-electron chi connectivity index (χ4n) is 4.23. The van der Waals surface area contributed by atoms with Crippen LogP contribution < -0.4 is 0 Å². The van der Waals surface area contributed by atoms with E-state index in [1.165, 1.54) is 27.8 Å². The first-order valence-electron chi connectivity index (χ1n) is 10.5. The van der Waals surface area contributed by atoms with Gasteiger partial charge in [-0.3, -0.25) is 0 Å². The van der Waals surface area contributed by atoms with Crippen molar-refractivity contribution in [1.82, 2.24) is 0 Å². The third kappa shape index (κ3) is 4.15. The van der Waals surface area contributed by atoms with Gasteiger partial charge in [0, 0.05) is 10.8 Å². The van der Waals surface area contributed by atoms with Crippen LogP contribution in [0.1, 0.15) is 80.8 Å². The predicted molar refractivity (Wildman–Crippen MR) is 122 cm³/mol. The van der Waals surface area contributed by atoms with Crippen LogP contribution in [0.4, 0.5) is 4.39 Å². The summed E-state index contributed by atoms with van der Waals surface area (Å²) in [5, 5.41) is 0. The van der Waals surface area contributed by atoms with Gasteiger partial charge in [-0.25, -0.2) is 4.39 Å². The van der Waals surface area contributed by atoms with Crippen LogP contribution in [0.25, 0.3) is 0 Å². The van der Waals surface area contributed by atoms with E-state index in [0.717, 1.165) is 5.56 Å². The van der Waals surface area contributed by atoms with Crippen LogP contribution in [-0.4, -0.2) is 0 Å². The van der Waals surface area contributed by atoms with Gasteiger partial charge in [0.2, 0.25) is 0 Å². The first-order chi connectivity index (χ1) is 13.5. The van der Waals surface area contributed by atoms with E-state index in [2.05, 4.69) is 90.9 Å². The fourth-order valence-corrected chi connectivity index (χ4v) is 4.23. The molecule has 0 nitrogen and oxygen atoms in total. The highest BCUT2D eigenvalue weighted by Crippen LogP contribution is 2.38. The van der Waals surface area contributed by atoms with Crippen LogP contribution in [0.3, 0.4) is 0 Å². The molecule has 29 heavy (non-hydrogen) atoms. The van der Waals surface area contributed by atoms with E-state index < -0.39 is 0 Å². The molecule has 3 aromatic rings. The van der Waals surface area contributed by atoms with Crippen LogP contribution in [0, 0.1) is 12.7 Å². The molecule has 0 spiro atoms. The smallest absolute Gasteiger partial charge is 0.123 e. The molecular formula is C28H33F. The number of benzene rings is 3. The molecule has 0 atom stereocenters. The molecule has 3 rings (SSSR count). The van der Waals surface area contributed by atoms with Gasteiger partial charge in [-0.15, -0.1) is 0 Å². The van der Waals surface area contributed by atoms with Crippen molar-refractivity contribution in [3.8, 4) is 0 Å². The molecule has 0 aliphatic heterocycles. The summed E-state index contributed by atoms with van der Waals surface area (Å²) in [7, 11) is 0. The number of hydrogen-bond donors (Lipinski definition) is 0. The van der Waals surface area contributed by atoms with Gasteiger partial charge < -0.3 is 0 Å². The maximum Gasteiger partial charge on any atom is 0.123 e. The number of aryl methyl sites for hydroxylation is 1. The van der Waals surface area contributed by atoms with E-state index in [0.29, 0.717) is 5.92 Å². The molecule has 0 aliphatic rings. The molecular weight excluding hydrogens is 355 g/mol. The molecule has 3 aromatic carbocycles. The Labute approximate surface area is 175 Å². The van der Waals surface area contributed by atoms with Crippen LogP contribution in [0.5, 0.6) is 0 Å². The van der Waals surface area contributed by atoms with Gasteiger partial charge in [0.15, 0.2) is 0 Å². The Kier molecular flexibility index (Phi) is 5.72. The maximum atomic E-state index is 13.4. The molecule has 0 fully saturated rings. The predicted octanol–water partition coefficient (Wildman–Crippen LogP) is 7.91. The summed E-state index contributed by atoms with van der Waals surface area (Å²) in [6.45, 7) is 15.6. The van der Waals surface area contributed by atoms with Gasteiger partial charge in [0.1, 0.15) is 5.82 Å². The minimum atomic E-state index is -0.193. The molecule has 0 bridgehead atoms. The zero-order chi connectivity index (χ0) is 21.4. The second kappa shape index (κ2) is 7.78. The van der Waals surface area contributed by atoms with Gasteiger partial charge >= 0.3 is 0 Å². The highest BCUT2D eigenvalue weighted by atomic mass is 19.1. The third-order valence-electron chi connectivity index (χ3n) is 6.49. The van der Waals surface area contributed by atoms with Gasteiger partial charge in [-0.1, -0.05) is 96.1 Å². The van der Waals surface area contributed by atoms with Crippen molar-refractivity contribution in [2.75, 3.05) is 0 Å². The number of halogens is 1. The fraction of sp³-hybridized carbons (Fsp3) is 0.357. The summed E-state index contributed by atoms with van der Waals surface area (Å²) in [5.74, 6) is 0.350. The second-order valence-electron chi connectivity index (χ2n) is 9.56. The summed E-state index contributed by atoms with van der Waals surface area (Å²) in [6, 6.07) is 22.7. The Morgan fingerprint density at radius 3 is 1.66 bits per heavy atom. The maximum absolute atomic E-state index is 13.4. The quantitative estimate of drug-likeness (QED) is 0.416. The minimum Gasteiger partial charge on any atom is -0.207 e. The van der Waals surface area contributed by atoms with E-state index >= 15 is 0 Å². The highest BCUT2D eigenvalue weighted by Gasteiger charge is 2.28. The van der Waals surface area contributed by atoms with Crippen molar-refractivity contribution in [3.63, 3.8) is 0 Å². The van der Waals surface area contributed by atoms with Crippen molar-refractivity contribution < 1.29 is 4.39 Å². The Morgan fingerprint density at radius 2 is 1.14 bits per heavy atom. The number of hydrogen-bond acceptors (Lipinski definition) is 0. The molecule has 152 valence electrons. The van der Waals surface area contributed by atoms with Crippen LogP contribution in [0.15, 0.2) is 66.7 Å². The Morgan fingerprint density at radius 1 is 0.655 bits per heavy atom. The topological polar surface area (TPSA) is 0 Å². The molecule has 0 radical (unpaired) electrons. The number of rotatable bonds is 5. The van der Waals surface area contributed by atoms with Crippen molar-refractivity contribution in [2.45, 2.75) is 65.2 Å². The molecule has 0 saturated carbocycles. The SMILES string of the molecule is Cc1cc(C(C)(C)c2ccc(F)cc2)ccc1C(C)(C)c1ccc(C(C)C)cc1. The molecule has 1 heteroatoms. The zero-order valence-corrected chi connectivity index (χ0v) is 18.8. The third-order valence-corrected chi connectivity index (χ3v) is 6.49. The zero-order valence-electron chi connectivity index (χ0n) is 18.8. The van der Waals surface area contributed by atoms with Crippen LogP contribution in [0.2, 0.25) is 0 Å². The average molecular weight is 389 g/mol. The lowest BCUT2D eigenvalue weighted by Gasteiger charge is -2.31. The van der Waals surface area contributed by atoms with E-state index in [-0.39, 0.29) is 16.6 Å². The summed E-state index contributed by atoms with van der Waals surface area (Å²) in [6.07, 6.45) is 0. The minimum absolute atomic E-state index is 0.0713. The summed E-state index contributed by atoms with van der Waals surface area (Å²) >= 11 is 0.